The molecule has 1 aliphatic carbocycles. The molecule has 228 valence electrons. The van der Waals surface area contributed by atoms with Gasteiger partial charge in [-0.3, -0.25) is 14.4 Å². The van der Waals surface area contributed by atoms with Gasteiger partial charge in [0.05, 0.1) is 17.9 Å². The van der Waals surface area contributed by atoms with Crippen LogP contribution in [0.3, 0.4) is 0 Å². The lowest BCUT2D eigenvalue weighted by Crippen LogP contribution is -2.58. The molecule has 1 spiro atoms. The second kappa shape index (κ2) is 11.7. The second-order valence-corrected chi connectivity index (χ2v) is 13.6. The van der Waals surface area contributed by atoms with Crippen LogP contribution in [0.25, 0.3) is 0 Å². The van der Waals surface area contributed by atoms with Crippen LogP contribution >= 0.6 is 11.6 Å². The molecule has 0 aromatic heterocycles. The summed E-state index contributed by atoms with van der Waals surface area (Å²) in [7, 11) is 0. The van der Waals surface area contributed by atoms with E-state index in [0.717, 1.165) is 24.8 Å². The summed E-state index contributed by atoms with van der Waals surface area (Å²) in [5, 5.41) is 6.96. The number of likely N-dealkylation sites (tertiary alicyclic amines) is 1. The number of hydrogen-bond donors (Lipinski definition) is 2. The number of ether oxygens (including phenoxy) is 1. The molecule has 8 atom stereocenters. The van der Waals surface area contributed by atoms with Crippen molar-refractivity contribution in [3.63, 3.8) is 0 Å². The van der Waals surface area contributed by atoms with Crippen molar-refractivity contribution < 1.29 is 19.1 Å². The van der Waals surface area contributed by atoms with Crippen molar-refractivity contribution in [3.05, 3.63) is 76.8 Å². The maximum atomic E-state index is 14.3. The first-order valence-corrected chi connectivity index (χ1v) is 16.1. The molecule has 2 aromatic rings. The summed E-state index contributed by atoms with van der Waals surface area (Å²) in [6.07, 6.45) is 6.76. The molecule has 0 radical (unpaired) electrons. The number of carbonyl (C=O) groups is 3. The predicted molar refractivity (Wildman–Crippen MR) is 168 cm³/mol. The predicted octanol–water partition coefficient (Wildman–Crippen LogP) is 5.74. The van der Waals surface area contributed by atoms with Gasteiger partial charge in [-0.1, -0.05) is 94.6 Å². The van der Waals surface area contributed by atoms with E-state index in [1.54, 1.807) is 4.90 Å². The standard InChI is InChI=1S/C35H42ClN3O4/c1-20(2)23-12-14-25(15-13-23)37-32(40)29-28-16-18-35(43-28)30(29)34(42)39(19-17-24-9-5-6-10-26(24)36)31(35)33(41)38-27-11-7-8-21(3)22(27)4/h5-6,9-10,12-16,18,20-22,27-31H,7-8,11,17,19H2,1-4H3,(H,37,40)(H,38,41)/t21-,22+,27-,28-,29+,30-,31-,35-/m1/s1. The Labute approximate surface area is 259 Å². The van der Waals surface area contributed by atoms with E-state index in [1.807, 2.05) is 60.7 Å². The summed E-state index contributed by atoms with van der Waals surface area (Å²) >= 11 is 6.46. The minimum atomic E-state index is -1.20. The molecule has 6 rings (SSSR count). The lowest BCUT2D eigenvalue weighted by molar-refractivity contribution is -0.141. The Kier molecular flexibility index (Phi) is 8.16. The van der Waals surface area contributed by atoms with Gasteiger partial charge in [-0.05, 0) is 59.9 Å². The van der Waals surface area contributed by atoms with E-state index in [4.69, 9.17) is 16.3 Å². The van der Waals surface area contributed by atoms with Crippen molar-refractivity contribution in [1.29, 1.82) is 0 Å². The number of nitrogens with one attached hydrogen (secondary N) is 2. The highest BCUT2D eigenvalue weighted by Crippen LogP contribution is 2.55. The van der Waals surface area contributed by atoms with Gasteiger partial charge in [0, 0.05) is 23.3 Å². The van der Waals surface area contributed by atoms with E-state index in [2.05, 4.69) is 38.3 Å². The van der Waals surface area contributed by atoms with Crippen molar-refractivity contribution in [2.75, 3.05) is 11.9 Å². The van der Waals surface area contributed by atoms with Gasteiger partial charge in [0.25, 0.3) is 0 Å². The van der Waals surface area contributed by atoms with E-state index in [9.17, 15) is 14.4 Å². The number of benzene rings is 2. The van der Waals surface area contributed by atoms with Crippen molar-refractivity contribution >= 4 is 35.0 Å². The third kappa shape index (κ3) is 5.29. The molecule has 3 amide bonds. The third-order valence-electron chi connectivity index (χ3n) is 10.4. The summed E-state index contributed by atoms with van der Waals surface area (Å²) in [5.41, 5.74) is 1.56. The van der Waals surface area contributed by atoms with Crippen LogP contribution in [0.1, 0.15) is 64.0 Å². The molecule has 43 heavy (non-hydrogen) atoms. The highest BCUT2D eigenvalue weighted by molar-refractivity contribution is 6.31. The lowest BCUT2D eigenvalue weighted by Gasteiger charge is -2.38. The van der Waals surface area contributed by atoms with Gasteiger partial charge in [0.2, 0.25) is 17.7 Å². The number of anilines is 1. The van der Waals surface area contributed by atoms with Crippen LogP contribution < -0.4 is 10.6 Å². The average molecular weight is 604 g/mol. The molecule has 3 fully saturated rings. The Bertz CT molecular complexity index is 1420. The minimum Gasteiger partial charge on any atom is -0.359 e. The number of nitrogens with zero attached hydrogens (tertiary/aromatic N) is 1. The summed E-state index contributed by atoms with van der Waals surface area (Å²) in [6.45, 7) is 8.96. The lowest BCUT2D eigenvalue weighted by atomic mass is 9.73. The summed E-state index contributed by atoms with van der Waals surface area (Å²) in [4.78, 5) is 44.0. The zero-order valence-electron chi connectivity index (χ0n) is 25.4. The molecule has 0 unspecified atom stereocenters. The van der Waals surface area contributed by atoms with E-state index in [-0.39, 0.29) is 23.8 Å². The summed E-state index contributed by atoms with van der Waals surface area (Å²) in [6, 6.07) is 14.5. The molecular formula is C35H42ClN3O4. The van der Waals surface area contributed by atoms with Crippen molar-refractivity contribution in [2.45, 2.75) is 83.1 Å². The average Bonchev–Trinajstić information content (AvgIpc) is 3.62. The maximum absolute atomic E-state index is 14.3. The van der Waals surface area contributed by atoms with Gasteiger partial charge in [0.1, 0.15) is 11.6 Å². The first kappa shape index (κ1) is 29.9. The Balaban J connectivity index is 1.29. The van der Waals surface area contributed by atoms with Crippen LogP contribution in [0.15, 0.2) is 60.7 Å². The van der Waals surface area contributed by atoms with Crippen LogP contribution in [-0.4, -0.2) is 53.0 Å². The Hall–Kier alpha value is -3.16. The summed E-state index contributed by atoms with van der Waals surface area (Å²) in [5.74, 6) is -1.02. The third-order valence-corrected chi connectivity index (χ3v) is 10.8. The fraction of sp³-hybridized carbons (Fsp3) is 0.514. The second-order valence-electron chi connectivity index (χ2n) is 13.2. The van der Waals surface area contributed by atoms with Gasteiger partial charge in [0.15, 0.2) is 0 Å². The molecule has 2 saturated heterocycles. The molecule has 3 aliphatic heterocycles. The molecule has 2 N–H and O–H groups in total. The van der Waals surface area contributed by atoms with E-state index < -0.39 is 29.6 Å². The van der Waals surface area contributed by atoms with Crippen molar-refractivity contribution in [1.82, 2.24) is 10.2 Å². The van der Waals surface area contributed by atoms with Crippen LogP contribution in [-0.2, 0) is 25.5 Å². The van der Waals surface area contributed by atoms with Crippen molar-refractivity contribution in [2.24, 2.45) is 23.7 Å². The molecule has 3 heterocycles. The summed E-state index contributed by atoms with van der Waals surface area (Å²) < 4.78 is 6.53. The highest BCUT2D eigenvalue weighted by atomic mass is 35.5. The first-order valence-electron chi connectivity index (χ1n) is 15.7. The van der Waals surface area contributed by atoms with Gasteiger partial charge in [-0.15, -0.1) is 0 Å². The Morgan fingerprint density at radius 3 is 2.53 bits per heavy atom. The number of carbonyl (C=O) groups excluding carboxylic acids is 3. The molecule has 8 heteroatoms. The monoisotopic (exact) mass is 603 g/mol. The molecule has 4 aliphatic rings. The zero-order valence-corrected chi connectivity index (χ0v) is 26.1. The Morgan fingerprint density at radius 2 is 1.81 bits per heavy atom. The fourth-order valence-corrected chi connectivity index (χ4v) is 7.90. The van der Waals surface area contributed by atoms with Gasteiger partial charge in [-0.25, -0.2) is 0 Å². The smallest absolute Gasteiger partial charge is 0.246 e. The van der Waals surface area contributed by atoms with Crippen LogP contribution in [0.4, 0.5) is 5.69 Å². The van der Waals surface area contributed by atoms with E-state index in [1.165, 1.54) is 5.56 Å². The number of amides is 3. The van der Waals surface area contributed by atoms with Crippen LogP contribution in [0.2, 0.25) is 5.02 Å². The van der Waals surface area contributed by atoms with Gasteiger partial charge < -0.3 is 20.3 Å². The molecule has 7 nitrogen and oxygen atoms in total. The SMILES string of the molecule is CC(C)c1ccc(NC(=O)[C@H]2[C@H]3C=C[C@@]4(O3)[C@H]2C(=O)N(CCc2ccccc2Cl)[C@@H]4C(=O)N[C@@H]2CCC[C@@H](C)[C@@H]2C)cc1. The normalized spacial score (nSPS) is 32.7. The van der Waals surface area contributed by atoms with E-state index >= 15 is 0 Å². The quantitative estimate of drug-likeness (QED) is 0.377. The Morgan fingerprint density at radius 1 is 1.07 bits per heavy atom. The van der Waals surface area contributed by atoms with E-state index in [0.29, 0.717) is 41.4 Å². The van der Waals surface area contributed by atoms with Gasteiger partial charge >= 0.3 is 0 Å². The highest BCUT2D eigenvalue weighted by Gasteiger charge is 2.72. The number of halogens is 1. The van der Waals surface area contributed by atoms with Gasteiger partial charge in [-0.2, -0.15) is 0 Å². The minimum absolute atomic E-state index is 0.0303. The number of rotatable bonds is 8. The maximum Gasteiger partial charge on any atom is 0.246 e. The zero-order chi connectivity index (χ0) is 30.5. The first-order chi connectivity index (χ1) is 20.6. The molecular weight excluding hydrogens is 562 g/mol. The molecule has 2 aromatic carbocycles. The largest absolute Gasteiger partial charge is 0.359 e. The molecule has 2 bridgehead atoms. The van der Waals surface area contributed by atoms with Crippen molar-refractivity contribution in [3.8, 4) is 0 Å². The topological polar surface area (TPSA) is 87.7 Å². The van der Waals surface area contributed by atoms with Crippen LogP contribution in [0.5, 0.6) is 0 Å². The fourth-order valence-electron chi connectivity index (χ4n) is 7.67. The number of fused-ring (bicyclic) bond motifs is 1. The number of hydrogen-bond acceptors (Lipinski definition) is 4. The molecule has 1 saturated carbocycles. The van der Waals surface area contributed by atoms with Crippen LogP contribution in [0, 0.1) is 23.7 Å².